The van der Waals surface area contributed by atoms with Gasteiger partial charge in [0.15, 0.2) is 0 Å². The third-order valence-electron chi connectivity index (χ3n) is 2.52. The Labute approximate surface area is 124 Å². The molecule has 1 atom stereocenters. The van der Waals surface area contributed by atoms with Crippen LogP contribution in [0.15, 0.2) is 24.3 Å². The van der Waals surface area contributed by atoms with Crippen LogP contribution in [0.25, 0.3) is 0 Å². The first-order valence-electron chi connectivity index (χ1n) is 6.21. The maximum absolute atomic E-state index is 11.8. The van der Waals surface area contributed by atoms with Gasteiger partial charge in [-0.3, -0.25) is 0 Å². The first-order valence-corrected chi connectivity index (χ1v) is 6.66. The summed E-state index contributed by atoms with van der Waals surface area (Å²) in [6.45, 7) is 7.05. The molecule has 0 aromatic heterocycles. The van der Waals surface area contributed by atoms with E-state index < -0.39 is 23.7 Å². The highest BCUT2D eigenvalue weighted by Gasteiger charge is 2.27. The van der Waals surface area contributed by atoms with Crippen molar-refractivity contribution in [3.8, 4) is 0 Å². The van der Waals surface area contributed by atoms with Gasteiger partial charge in [-0.05, 0) is 38.7 Å². The molecule has 1 aromatic rings. The van der Waals surface area contributed by atoms with E-state index in [4.69, 9.17) is 14.8 Å². The van der Waals surface area contributed by atoms with Crippen LogP contribution in [0.2, 0.25) is 0 Å². The number of nitrogens with one attached hydrogen (secondary N) is 1. The minimum Gasteiger partial charge on any atom is -0.444 e. The maximum atomic E-state index is 11.8. The van der Waals surface area contributed by atoms with Crippen LogP contribution < -0.4 is 10.8 Å². The molecule has 5 nitrogen and oxygen atoms in total. The van der Waals surface area contributed by atoms with Gasteiger partial charge < -0.3 is 20.1 Å². The molecule has 0 radical (unpaired) electrons. The molecule has 0 saturated heterocycles. The largest absolute Gasteiger partial charge is 0.488 e. The van der Waals surface area contributed by atoms with E-state index in [0.717, 1.165) is 0 Å². The predicted octanol–water partition coefficient (Wildman–Crippen LogP) is 0.994. The number of rotatable bonds is 3. The van der Waals surface area contributed by atoms with Crippen molar-refractivity contribution in [1.29, 1.82) is 0 Å². The molecule has 0 spiro atoms. The maximum Gasteiger partial charge on any atom is 0.488 e. The summed E-state index contributed by atoms with van der Waals surface area (Å²) in [7, 11) is -1.52. The molecule has 0 fully saturated rings. The van der Waals surface area contributed by atoms with Crippen molar-refractivity contribution in [2.75, 3.05) is 0 Å². The molecule has 110 valence electrons. The van der Waals surface area contributed by atoms with E-state index in [1.165, 1.54) is 0 Å². The molecule has 20 heavy (non-hydrogen) atoms. The summed E-state index contributed by atoms with van der Waals surface area (Å²) in [6, 6.07) is 6.45. The molecule has 0 heterocycles. The van der Waals surface area contributed by atoms with E-state index in [9.17, 15) is 4.79 Å². The van der Waals surface area contributed by atoms with Gasteiger partial charge in [-0.15, -0.1) is 12.6 Å². The molecule has 1 unspecified atom stereocenters. The monoisotopic (exact) mass is 297 g/mol. The molecule has 0 aliphatic rings. The average Bonchev–Trinajstić information content (AvgIpc) is 2.25. The van der Waals surface area contributed by atoms with E-state index in [1.807, 2.05) is 0 Å². The van der Waals surface area contributed by atoms with Crippen LogP contribution in [0, 0.1) is 0 Å². The lowest BCUT2D eigenvalue weighted by atomic mass is 9.80. The molecule has 0 bridgehead atoms. The van der Waals surface area contributed by atoms with Crippen LogP contribution >= 0.6 is 12.6 Å². The Morgan fingerprint density at radius 1 is 1.20 bits per heavy atom. The van der Waals surface area contributed by atoms with E-state index in [0.29, 0.717) is 11.0 Å². The second-order valence-electron chi connectivity index (χ2n) is 5.69. The van der Waals surface area contributed by atoms with Gasteiger partial charge in [-0.25, -0.2) is 4.79 Å². The van der Waals surface area contributed by atoms with Gasteiger partial charge in [0.1, 0.15) is 10.5 Å². The first-order chi connectivity index (χ1) is 9.01. The lowest BCUT2D eigenvalue weighted by molar-refractivity contribution is 0.0498. The highest BCUT2D eigenvalue weighted by Crippen LogP contribution is 2.24. The molecular formula is C13H20BNO4S. The van der Waals surface area contributed by atoms with Gasteiger partial charge in [-0.1, -0.05) is 24.3 Å². The lowest BCUT2D eigenvalue weighted by Gasteiger charge is -2.28. The summed E-state index contributed by atoms with van der Waals surface area (Å²) in [4.78, 5) is 10.8. The fourth-order valence-corrected chi connectivity index (χ4v) is 1.79. The number of amides is 1. The highest BCUT2D eigenvalue weighted by molar-refractivity contribution is 7.81. The van der Waals surface area contributed by atoms with E-state index in [-0.39, 0.29) is 0 Å². The van der Waals surface area contributed by atoms with Crippen molar-refractivity contribution in [3.63, 3.8) is 0 Å². The van der Waals surface area contributed by atoms with Crippen molar-refractivity contribution >= 4 is 31.3 Å². The Hall–Kier alpha value is -1.18. The summed E-state index contributed by atoms with van der Waals surface area (Å²) < 4.78 is 5.18. The third-order valence-corrected chi connectivity index (χ3v) is 2.89. The Kier molecular flexibility index (Phi) is 5.12. The average molecular weight is 297 g/mol. The zero-order valence-corrected chi connectivity index (χ0v) is 12.9. The zero-order chi connectivity index (χ0) is 15.6. The first kappa shape index (κ1) is 16.9. The van der Waals surface area contributed by atoms with E-state index >= 15 is 0 Å². The molecule has 7 heteroatoms. The van der Waals surface area contributed by atoms with Crippen molar-refractivity contribution in [1.82, 2.24) is 5.32 Å². The minimum atomic E-state index is -1.52. The van der Waals surface area contributed by atoms with E-state index in [1.54, 1.807) is 52.0 Å². The summed E-state index contributed by atoms with van der Waals surface area (Å²) in [5, 5.41) is 20.7. The van der Waals surface area contributed by atoms with Crippen LogP contribution in [0.1, 0.15) is 33.3 Å². The smallest absolute Gasteiger partial charge is 0.444 e. The summed E-state index contributed by atoms with van der Waals surface area (Å²) >= 11 is 4.41. The SMILES string of the molecule is CC(C)(C)OC(=O)NC(C)(S)c1ccc(B(O)O)cc1. The third kappa shape index (κ3) is 5.07. The Morgan fingerprint density at radius 3 is 2.10 bits per heavy atom. The molecular weight excluding hydrogens is 277 g/mol. The molecule has 3 N–H and O–H groups in total. The molecule has 0 saturated carbocycles. The molecule has 0 aliphatic carbocycles. The standard InChI is InChI=1S/C13H20BNO4S/c1-12(2,3)19-11(16)15-13(4,20)9-5-7-10(8-6-9)14(17)18/h5-8,17-18,20H,1-4H3,(H,15,16). The fraction of sp³-hybridized carbons (Fsp3) is 0.462. The van der Waals surface area contributed by atoms with Crippen LogP contribution in [0.3, 0.4) is 0 Å². The van der Waals surface area contributed by atoms with Gasteiger partial charge in [0.2, 0.25) is 0 Å². The van der Waals surface area contributed by atoms with Crippen molar-refractivity contribution in [2.24, 2.45) is 0 Å². The minimum absolute atomic E-state index is 0.371. The molecule has 0 aliphatic heterocycles. The van der Waals surface area contributed by atoms with E-state index in [2.05, 4.69) is 17.9 Å². The van der Waals surface area contributed by atoms with Crippen molar-refractivity contribution < 1.29 is 19.6 Å². The number of benzene rings is 1. The number of thiol groups is 1. The number of alkyl carbamates (subject to hydrolysis) is 1. The Morgan fingerprint density at radius 2 is 1.70 bits per heavy atom. The van der Waals surface area contributed by atoms with Gasteiger partial charge in [0.25, 0.3) is 0 Å². The quantitative estimate of drug-likeness (QED) is 0.381. The van der Waals surface area contributed by atoms with Crippen molar-refractivity contribution in [3.05, 3.63) is 29.8 Å². The number of carbonyl (C=O) groups is 1. The Bertz CT molecular complexity index is 468. The normalized spacial score (nSPS) is 14.3. The number of carbonyl (C=O) groups excluding carboxylic acids is 1. The molecule has 1 rings (SSSR count). The van der Waals surface area contributed by atoms with Crippen LogP contribution in [0.4, 0.5) is 4.79 Å². The number of hydrogen-bond donors (Lipinski definition) is 4. The highest BCUT2D eigenvalue weighted by atomic mass is 32.1. The summed E-state index contributed by atoms with van der Waals surface area (Å²) in [5.41, 5.74) is 0.491. The topological polar surface area (TPSA) is 78.8 Å². The lowest BCUT2D eigenvalue weighted by Crippen LogP contribution is -2.42. The van der Waals surface area contributed by atoms with Gasteiger partial charge in [0.05, 0.1) is 0 Å². The van der Waals surface area contributed by atoms with Crippen molar-refractivity contribution in [2.45, 2.75) is 38.2 Å². The Balaban J connectivity index is 2.80. The molecule has 1 aromatic carbocycles. The predicted molar refractivity (Wildman–Crippen MR) is 82.0 cm³/mol. The number of ether oxygens (including phenoxy) is 1. The second kappa shape index (κ2) is 6.07. The zero-order valence-electron chi connectivity index (χ0n) is 12.0. The van der Waals surface area contributed by atoms with Crippen LogP contribution in [-0.4, -0.2) is 28.9 Å². The van der Waals surface area contributed by atoms with Crippen LogP contribution in [-0.2, 0) is 9.61 Å². The van der Waals surface area contributed by atoms with Gasteiger partial charge in [0, 0.05) is 0 Å². The second-order valence-corrected chi connectivity index (χ2v) is 6.59. The van der Waals surface area contributed by atoms with Gasteiger partial charge >= 0.3 is 13.2 Å². The van der Waals surface area contributed by atoms with Crippen LogP contribution in [0.5, 0.6) is 0 Å². The molecule has 1 amide bonds. The summed E-state index contributed by atoms with van der Waals surface area (Å²) in [5.74, 6) is 0. The van der Waals surface area contributed by atoms with Gasteiger partial charge in [-0.2, -0.15) is 0 Å². The summed E-state index contributed by atoms with van der Waals surface area (Å²) in [6.07, 6.45) is -0.568. The fourth-order valence-electron chi connectivity index (χ4n) is 1.55. The number of hydrogen-bond acceptors (Lipinski definition) is 5.